The van der Waals surface area contributed by atoms with E-state index in [4.69, 9.17) is 4.74 Å². The SMILES string of the molecule is CCC(C)NC(=NCC(=O)N(C)C)NC1CCN(C(=O)CCOC)CC1.I. The van der Waals surface area contributed by atoms with E-state index in [1.165, 1.54) is 4.90 Å². The standard InChI is InChI=1S/C18H35N5O3.HI/c1-6-14(2)20-18(19-13-17(25)22(3)4)21-15-7-10-23(11-8-15)16(24)9-12-26-5;/h14-15H,6-13H2,1-5H3,(H2,19,20,21);1H. The van der Waals surface area contributed by atoms with Crippen LogP contribution in [0.4, 0.5) is 0 Å². The second kappa shape index (κ2) is 14.0. The quantitative estimate of drug-likeness (QED) is 0.298. The van der Waals surface area contributed by atoms with Crippen molar-refractivity contribution in [1.29, 1.82) is 0 Å². The molecule has 0 radical (unpaired) electrons. The van der Waals surface area contributed by atoms with E-state index in [2.05, 4.69) is 29.5 Å². The monoisotopic (exact) mass is 497 g/mol. The fraction of sp³-hybridized carbons (Fsp3) is 0.833. The molecule has 1 aliphatic rings. The molecule has 1 rings (SSSR count). The van der Waals surface area contributed by atoms with Crippen molar-refractivity contribution in [3.05, 3.63) is 0 Å². The predicted octanol–water partition coefficient (Wildman–Crippen LogP) is 1.05. The summed E-state index contributed by atoms with van der Waals surface area (Å²) in [6.45, 7) is 6.23. The lowest BCUT2D eigenvalue weighted by molar-refractivity contribution is -0.133. The van der Waals surface area contributed by atoms with E-state index in [1.807, 2.05) is 4.90 Å². The number of guanidine groups is 1. The molecule has 1 atom stereocenters. The van der Waals surface area contributed by atoms with E-state index < -0.39 is 0 Å². The lowest BCUT2D eigenvalue weighted by Crippen LogP contribution is -2.51. The highest BCUT2D eigenvalue weighted by atomic mass is 127. The number of ether oxygens (including phenoxy) is 1. The summed E-state index contributed by atoms with van der Waals surface area (Å²) in [5.41, 5.74) is 0. The third-order valence-electron chi connectivity index (χ3n) is 4.58. The smallest absolute Gasteiger partial charge is 0.243 e. The predicted molar refractivity (Wildman–Crippen MR) is 119 cm³/mol. The zero-order chi connectivity index (χ0) is 19.5. The molecule has 1 aliphatic heterocycles. The van der Waals surface area contributed by atoms with Crippen LogP contribution >= 0.6 is 24.0 Å². The highest BCUT2D eigenvalue weighted by molar-refractivity contribution is 14.0. The Bertz CT molecular complexity index is 480. The molecular formula is C18H36IN5O3. The van der Waals surface area contributed by atoms with Crippen LogP contribution in [0.25, 0.3) is 0 Å². The number of carbonyl (C=O) groups is 2. The maximum absolute atomic E-state index is 12.1. The average molecular weight is 497 g/mol. The molecule has 27 heavy (non-hydrogen) atoms. The molecule has 158 valence electrons. The Morgan fingerprint density at radius 3 is 2.44 bits per heavy atom. The highest BCUT2D eigenvalue weighted by Crippen LogP contribution is 2.11. The minimum absolute atomic E-state index is 0. The number of likely N-dealkylation sites (tertiary alicyclic amines) is 1. The fourth-order valence-electron chi connectivity index (χ4n) is 2.57. The van der Waals surface area contributed by atoms with Crippen molar-refractivity contribution < 1.29 is 14.3 Å². The molecule has 1 heterocycles. The fourth-order valence-corrected chi connectivity index (χ4v) is 2.57. The average Bonchev–Trinajstić information content (AvgIpc) is 2.64. The van der Waals surface area contributed by atoms with Gasteiger partial charge in [-0.2, -0.15) is 0 Å². The number of methoxy groups -OCH3 is 1. The molecular weight excluding hydrogens is 461 g/mol. The maximum atomic E-state index is 12.1. The van der Waals surface area contributed by atoms with Crippen LogP contribution < -0.4 is 10.6 Å². The van der Waals surface area contributed by atoms with Crippen molar-refractivity contribution in [2.45, 2.75) is 51.6 Å². The molecule has 0 spiro atoms. The maximum Gasteiger partial charge on any atom is 0.243 e. The molecule has 2 amide bonds. The van der Waals surface area contributed by atoms with Gasteiger partial charge in [-0.25, -0.2) is 4.99 Å². The van der Waals surface area contributed by atoms with Gasteiger partial charge in [-0.15, -0.1) is 24.0 Å². The summed E-state index contributed by atoms with van der Waals surface area (Å²) >= 11 is 0. The summed E-state index contributed by atoms with van der Waals surface area (Å²) in [5, 5.41) is 6.76. The van der Waals surface area contributed by atoms with Crippen molar-refractivity contribution in [3.8, 4) is 0 Å². The van der Waals surface area contributed by atoms with Crippen molar-refractivity contribution in [2.24, 2.45) is 4.99 Å². The van der Waals surface area contributed by atoms with Gasteiger partial charge in [0.25, 0.3) is 0 Å². The van der Waals surface area contributed by atoms with Gasteiger partial charge in [-0.3, -0.25) is 9.59 Å². The largest absolute Gasteiger partial charge is 0.384 e. The number of hydrogen-bond acceptors (Lipinski definition) is 4. The summed E-state index contributed by atoms with van der Waals surface area (Å²) in [6.07, 6.45) is 3.13. The summed E-state index contributed by atoms with van der Waals surface area (Å²) in [6, 6.07) is 0.512. The molecule has 0 aromatic rings. The van der Waals surface area contributed by atoms with Crippen LogP contribution in [-0.4, -0.2) is 87.1 Å². The molecule has 2 N–H and O–H groups in total. The van der Waals surface area contributed by atoms with Crippen molar-refractivity contribution in [2.75, 3.05) is 47.4 Å². The molecule has 0 saturated carbocycles. The number of nitrogens with one attached hydrogen (secondary N) is 2. The van der Waals surface area contributed by atoms with Gasteiger partial charge in [-0.05, 0) is 26.2 Å². The summed E-state index contributed by atoms with van der Waals surface area (Å²) in [4.78, 5) is 31.7. The van der Waals surface area contributed by atoms with E-state index in [1.54, 1.807) is 21.2 Å². The lowest BCUT2D eigenvalue weighted by Gasteiger charge is -2.33. The van der Waals surface area contributed by atoms with Crippen LogP contribution in [0.15, 0.2) is 4.99 Å². The zero-order valence-corrected chi connectivity index (χ0v) is 19.6. The minimum atomic E-state index is -0.0335. The van der Waals surface area contributed by atoms with Gasteiger partial charge in [-0.1, -0.05) is 6.92 Å². The number of piperidine rings is 1. The van der Waals surface area contributed by atoms with E-state index >= 15 is 0 Å². The number of halogens is 1. The van der Waals surface area contributed by atoms with Crippen LogP contribution in [0, 0.1) is 0 Å². The van der Waals surface area contributed by atoms with Crippen molar-refractivity contribution >= 4 is 41.8 Å². The summed E-state index contributed by atoms with van der Waals surface area (Å²) < 4.78 is 4.97. The molecule has 1 fully saturated rings. The normalized spacial score (nSPS) is 16.3. The Kier molecular flexibility index (Phi) is 13.4. The molecule has 8 nitrogen and oxygen atoms in total. The molecule has 9 heteroatoms. The van der Waals surface area contributed by atoms with Crippen LogP contribution in [0.1, 0.15) is 39.5 Å². The van der Waals surface area contributed by atoms with E-state index in [0.29, 0.717) is 19.0 Å². The highest BCUT2D eigenvalue weighted by Gasteiger charge is 2.23. The Morgan fingerprint density at radius 1 is 1.30 bits per heavy atom. The second-order valence-electron chi connectivity index (χ2n) is 6.95. The van der Waals surface area contributed by atoms with Gasteiger partial charge in [0.05, 0.1) is 13.0 Å². The van der Waals surface area contributed by atoms with Crippen LogP contribution in [0.2, 0.25) is 0 Å². The van der Waals surface area contributed by atoms with Gasteiger partial charge in [0.1, 0.15) is 6.54 Å². The topological polar surface area (TPSA) is 86.3 Å². The first-order chi connectivity index (χ1) is 12.4. The van der Waals surface area contributed by atoms with Gasteiger partial charge < -0.3 is 25.2 Å². The molecule has 0 bridgehead atoms. The number of likely N-dealkylation sites (N-methyl/N-ethyl adjacent to an activating group) is 1. The number of nitrogens with zero attached hydrogens (tertiary/aromatic N) is 3. The Morgan fingerprint density at radius 2 is 1.93 bits per heavy atom. The number of hydrogen-bond donors (Lipinski definition) is 2. The molecule has 1 saturated heterocycles. The Labute approximate surface area is 180 Å². The second-order valence-corrected chi connectivity index (χ2v) is 6.95. The minimum Gasteiger partial charge on any atom is -0.384 e. The molecule has 0 aliphatic carbocycles. The number of carbonyl (C=O) groups excluding carboxylic acids is 2. The summed E-state index contributed by atoms with van der Waals surface area (Å²) in [5.74, 6) is 0.779. The van der Waals surface area contributed by atoms with Crippen LogP contribution in [-0.2, 0) is 14.3 Å². The first kappa shape index (κ1) is 25.9. The Balaban J connectivity index is 0.00000676. The van der Waals surface area contributed by atoms with E-state index in [-0.39, 0.29) is 54.4 Å². The van der Waals surface area contributed by atoms with Crippen LogP contribution in [0.3, 0.4) is 0 Å². The van der Waals surface area contributed by atoms with Gasteiger partial charge >= 0.3 is 0 Å². The number of aliphatic imine (C=N–C) groups is 1. The van der Waals surface area contributed by atoms with E-state index in [0.717, 1.165) is 32.4 Å². The number of rotatable bonds is 8. The lowest BCUT2D eigenvalue weighted by atomic mass is 10.0. The number of amides is 2. The Hall–Kier alpha value is -1.10. The van der Waals surface area contributed by atoms with Gasteiger partial charge in [0.15, 0.2) is 5.96 Å². The van der Waals surface area contributed by atoms with E-state index in [9.17, 15) is 9.59 Å². The molecule has 0 aromatic carbocycles. The van der Waals surface area contributed by atoms with Crippen LogP contribution in [0.5, 0.6) is 0 Å². The molecule has 0 aromatic heterocycles. The van der Waals surface area contributed by atoms with Gasteiger partial charge in [0.2, 0.25) is 11.8 Å². The summed E-state index contributed by atoms with van der Waals surface area (Å²) in [7, 11) is 5.06. The first-order valence-electron chi connectivity index (χ1n) is 9.41. The van der Waals surface area contributed by atoms with Crippen molar-refractivity contribution in [3.63, 3.8) is 0 Å². The zero-order valence-electron chi connectivity index (χ0n) is 17.3. The molecule has 1 unspecified atom stereocenters. The van der Waals surface area contributed by atoms with Crippen molar-refractivity contribution in [1.82, 2.24) is 20.4 Å². The third-order valence-corrected chi connectivity index (χ3v) is 4.58. The third kappa shape index (κ3) is 10.1. The van der Waals surface area contributed by atoms with Gasteiger partial charge in [0, 0.05) is 46.4 Å². The first-order valence-corrected chi connectivity index (χ1v) is 9.41.